The van der Waals surface area contributed by atoms with Crippen molar-refractivity contribution in [2.45, 2.75) is 32.4 Å². The first-order valence-corrected chi connectivity index (χ1v) is 9.92. The first kappa shape index (κ1) is 22.0. The van der Waals surface area contributed by atoms with Crippen LogP contribution in [0.25, 0.3) is 10.8 Å². The number of nitrogens with zero attached hydrogens (tertiary/aromatic N) is 2. The third-order valence-corrected chi connectivity index (χ3v) is 5.07. The molecule has 2 aromatic carbocycles. The van der Waals surface area contributed by atoms with Crippen LogP contribution in [0.5, 0.6) is 0 Å². The van der Waals surface area contributed by atoms with Crippen molar-refractivity contribution in [2.24, 2.45) is 0 Å². The van der Waals surface area contributed by atoms with Crippen molar-refractivity contribution in [1.82, 2.24) is 10.3 Å². The van der Waals surface area contributed by atoms with Crippen LogP contribution >= 0.6 is 11.6 Å². The lowest BCUT2D eigenvalue weighted by Gasteiger charge is -2.20. The zero-order valence-electron chi connectivity index (χ0n) is 16.6. The van der Waals surface area contributed by atoms with Gasteiger partial charge in [-0.15, -0.1) is 0 Å². The maximum absolute atomic E-state index is 13.8. The summed E-state index contributed by atoms with van der Waals surface area (Å²) in [4.78, 5) is 17.1. The highest BCUT2D eigenvalue weighted by molar-refractivity contribution is 6.30. The van der Waals surface area contributed by atoms with Crippen LogP contribution in [0.15, 0.2) is 48.7 Å². The second kappa shape index (κ2) is 9.38. The molecule has 1 amide bonds. The summed E-state index contributed by atoms with van der Waals surface area (Å²) >= 11 is 5.74. The maximum atomic E-state index is 13.8. The number of amides is 1. The first-order chi connectivity index (χ1) is 14.3. The number of hydroxylamine groups is 1. The van der Waals surface area contributed by atoms with E-state index >= 15 is 0 Å². The fourth-order valence-corrected chi connectivity index (χ4v) is 3.20. The van der Waals surface area contributed by atoms with Crippen LogP contribution in [-0.4, -0.2) is 33.9 Å². The lowest BCUT2D eigenvalue weighted by atomic mass is 10.0. The Morgan fingerprint density at radius 2 is 1.97 bits per heavy atom. The van der Waals surface area contributed by atoms with Gasteiger partial charge in [0.05, 0.1) is 17.1 Å². The Bertz CT molecular complexity index is 1060. The molecule has 3 N–H and O–H groups in total. The molecule has 0 saturated carbocycles. The Balaban J connectivity index is 1.87. The minimum absolute atomic E-state index is 0.00825. The molecule has 0 spiro atoms. The van der Waals surface area contributed by atoms with Crippen molar-refractivity contribution in [3.63, 3.8) is 0 Å². The van der Waals surface area contributed by atoms with Crippen LogP contribution in [0.4, 0.5) is 10.2 Å². The van der Waals surface area contributed by atoms with Gasteiger partial charge < -0.3 is 10.4 Å². The molecule has 30 heavy (non-hydrogen) atoms. The molecular formula is C22H23ClFN3O3. The minimum Gasteiger partial charge on any atom is -0.396 e. The number of carbonyl (C=O) groups excluding carboxylic acids is 1. The monoisotopic (exact) mass is 431 g/mol. The standard InChI is InChI=1S/C22H23ClFN3O3/c1-13(2)27(30)21-11-17-9-15(3-4-16(17)12-25-21)22(29)26-20(7-8-28)14-5-6-18(23)19(24)10-14/h3-6,9-13,20,28,30H,7-8H2,1-2H3,(H,26,29)/t20-/m1/s1. The molecule has 3 rings (SSSR count). The van der Waals surface area contributed by atoms with E-state index in [4.69, 9.17) is 11.6 Å². The molecule has 0 aliphatic carbocycles. The van der Waals surface area contributed by atoms with Crippen LogP contribution in [0.3, 0.4) is 0 Å². The number of aliphatic hydroxyl groups excluding tert-OH is 1. The Morgan fingerprint density at radius 1 is 1.20 bits per heavy atom. The molecule has 0 radical (unpaired) electrons. The second-order valence-corrected chi connectivity index (χ2v) is 7.66. The summed E-state index contributed by atoms with van der Waals surface area (Å²) < 4.78 is 13.8. The number of anilines is 1. The number of hydrogen-bond acceptors (Lipinski definition) is 5. The fourth-order valence-electron chi connectivity index (χ4n) is 3.08. The number of hydrogen-bond donors (Lipinski definition) is 3. The molecule has 158 valence electrons. The second-order valence-electron chi connectivity index (χ2n) is 7.25. The van der Waals surface area contributed by atoms with Crippen LogP contribution in [0, 0.1) is 5.82 Å². The summed E-state index contributed by atoms with van der Waals surface area (Å²) in [5.74, 6) is -0.575. The Labute approximate surface area is 178 Å². The first-order valence-electron chi connectivity index (χ1n) is 9.54. The minimum atomic E-state index is -0.587. The van der Waals surface area contributed by atoms with Gasteiger partial charge in [-0.25, -0.2) is 14.4 Å². The molecule has 1 heterocycles. The van der Waals surface area contributed by atoms with Gasteiger partial charge in [0.25, 0.3) is 5.91 Å². The van der Waals surface area contributed by atoms with Crippen molar-refractivity contribution in [3.05, 3.63) is 70.6 Å². The zero-order valence-corrected chi connectivity index (χ0v) is 17.4. The van der Waals surface area contributed by atoms with Crippen molar-refractivity contribution < 1.29 is 19.5 Å². The van der Waals surface area contributed by atoms with E-state index < -0.39 is 11.9 Å². The van der Waals surface area contributed by atoms with Gasteiger partial charge in [-0.3, -0.25) is 10.0 Å². The Kier molecular flexibility index (Phi) is 6.87. The number of aliphatic hydroxyl groups is 1. The number of benzene rings is 2. The molecule has 1 atom stereocenters. The fraction of sp³-hybridized carbons (Fsp3) is 0.273. The topological polar surface area (TPSA) is 85.7 Å². The largest absolute Gasteiger partial charge is 0.396 e. The van der Waals surface area contributed by atoms with E-state index in [1.807, 2.05) is 13.8 Å². The highest BCUT2D eigenvalue weighted by atomic mass is 35.5. The van der Waals surface area contributed by atoms with Gasteiger partial charge in [0.1, 0.15) is 5.82 Å². The molecular weight excluding hydrogens is 409 g/mol. The molecule has 0 saturated heterocycles. The van der Waals surface area contributed by atoms with Crippen molar-refractivity contribution in [3.8, 4) is 0 Å². The number of aromatic nitrogens is 1. The normalized spacial score (nSPS) is 12.2. The van der Waals surface area contributed by atoms with E-state index in [9.17, 15) is 19.5 Å². The van der Waals surface area contributed by atoms with Gasteiger partial charge in [-0.2, -0.15) is 0 Å². The average molecular weight is 432 g/mol. The number of nitrogens with one attached hydrogen (secondary N) is 1. The van der Waals surface area contributed by atoms with E-state index in [0.717, 1.165) is 15.8 Å². The number of carbonyl (C=O) groups is 1. The SMILES string of the molecule is CC(C)N(O)c1cc2cc(C(=O)N[C@H](CCO)c3ccc(Cl)c(F)c3)ccc2cn1. The van der Waals surface area contributed by atoms with Gasteiger partial charge in [0.15, 0.2) is 5.82 Å². The average Bonchev–Trinajstić information content (AvgIpc) is 2.73. The van der Waals surface area contributed by atoms with Crippen molar-refractivity contribution in [1.29, 1.82) is 0 Å². The number of fused-ring (bicyclic) bond motifs is 1. The highest BCUT2D eigenvalue weighted by Gasteiger charge is 2.18. The smallest absolute Gasteiger partial charge is 0.251 e. The van der Waals surface area contributed by atoms with Crippen LogP contribution in [0.2, 0.25) is 5.02 Å². The lowest BCUT2D eigenvalue weighted by Crippen LogP contribution is -2.29. The van der Waals surface area contributed by atoms with E-state index in [-0.39, 0.29) is 30.0 Å². The lowest BCUT2D eigenvalue weighted by molar-refractivity contribution is 0.0930. The van der Waals surface area contributed by atoms with Gasteiger partial charge in [-0.1, -0.05) is 23.7 Å². The molecule has 0 fully saturated rings. The predicted octanol–water partition coefficient (Wildman–Crippen LogP) is 4.48. The van der Waals surface area contributed by atoms with Crippen LogP contribution in [0.1, 0.15) is 42.2 Å². The zero-order chi connectivity index (χ0) is 21.8. The van der Waals surface area contributed by atoms with Gasteiger partial charge >= 0.3 is 0 Å². The van der Waals surface area contributed by atoms with E-state index in [0.29, 0.717) is 16.9 Å². The molecule has 0 aliphatic heterocycles. The molecule has 0 aliphatic rings. The molecule has 3 aromatic rings. The van der Waals surface area contributed by atoms with E-state index in [2.05, 4.69) is 10.3 Å². The Hall–Kier alpha value is -2.74. The summed E-state index contributed by atoms with van der Waals surface area (Å²) in [6.45, 7) is 3.48. The summed E-state index contributed by atoms with van der Waals surface area (Å²) in [5, 5.41) is 24.9. The maximum Gasteiger partial charge on any atom is 0.251 e. The van der Waals surface area contributed by atoms with Crippen molar-refractivity contribution >= 4 is 34.1 Å². The number of halogens is 2. The highest BCUT2D eigenvalue weighted by Crippen LogP contribution is 2.24. The van der Waals surface area contributed by atoms with E-state index in [1.54, 1.807) is 36.5 Å². The number of rotatable bonds is 7. The molecule has 0 unspecified atom stereocenters. The molecule has 6 nitrogen and oxygen atoms in total. The van der Waals surface area contributed by atoms with Crippen molar-refractivity contribution in [2.75, 3.05) is 11.7 Å². The summed E-state index contributed by atoms with van der Waals surface area (Å²) in [7, 11) is 0. The van der Waals surface area contributed by atoms with E-state index in [1.165, 1.54) is 12.1 Å². The summed E-state index contributed by atoms with van der Waals surface area (Å²) in [5.41, 5.74) is 0.908. The third-order valence-electron chi connectivity index (χ3n) is 4.76. The van der Waals surface area contributed by atoms with Crippen LogP contribution < -0.4 is 10.4 Å². The third kappa shape index (κ3) is 4.87. The van der Waals surface area contributed by atoms with Gasteiger partial charge in [-0.05, 0) is 61.5 Å². The molecule has 0 bridgehead atoms. The summed E-state index contributed by atoms with van der Waals surface area (Å²) in [6, 6.07) is 10.4. The quantitative estimate of drug-likeness (QED) is 0.480. The Morgan fingerprint density at radius 3 is 2.63 bits per heavy atom. The molecule has 1 aromatic heterocycles. The van der Waals surface area contributed by atoms with Gasteiger partial charge in [0, 0.05) is 23.8 Å². The number of pyridine rings is 1. The predicted molar refractivity (Wildman–Crippen MR) is 114 cm³/mol. The molecule has 8 heteroatoms. The summed E-state index contributed by atoms with van der Waals surface area (Å²) in [6.07, 6.45) is 1.85. The van der Waals surface area contributed by atoms with Gasteiger partial charge in [0.2, 0.25) is 0 Å². The van der Waals surface area contributed by atoms with Crippen LogP contribution in [-0.2, 0) is 0 Å².